The molecule has 1 aliphatic rings. The second-order valence-electron chi connectivity index (χ2n) is 5.22. The van der Waals surface area contributed by atoms with E-state index in [1.165, 1.54) is 23.1 Å². The number of amides is 2. The predicted octanol–water partition coefficient (Wildman–Crippen LogP) is -0.145. The van der Waals surface area contributed by atoms with Gasteiger partial charge in [-0.05, 0) is 36.6 Å². The largest absolute Gasteiger partial charge is 0.368 e. The van der Waals surface area contributed by atoms with Crippen molar-refractivity contribution in [1.29, 1.82) is 0 Å². The lowest BCUT2D eigenvalue weighted by Gasteiger charge is -2.24. The van der Waals surface area contributed by atoms with Gasteiger partial charge in [0.05, 0.1) is 13.1 Å². The van der Waals surface area contributed by atoms with E-state index in [-0.39, 0.29) is 18.9 Å². The molecule has 0 radical (unpaired) electrons. The van der Waals surface area contributed by atoms with Crippen LogP contribution < -0.4 is 21.7 Å². The van der Waals surface area contributed by atoms with E-state index in [0.29, 0.717) is 23.8 Å². The van der Waals surface area contributed by atoms with Gasteiger partial charge < -0.3 is 21.7 Å². The van der Waals surface area contributed by atoms with Crippen molar-refractivity contribution in [3.8, 4) is 0 Å². The molecule has 0 saturated heterocycles. The standard InChI is InChI=1S/C14H19FN4O2/c15-10-1-4-12(9(5-10)6-18-11-2-3-11)19(7-13(16)20)8-14(17)21/h1,4-5,11,18H,2-3,6-8H2,(H2,16,20)(H2,17,21). The fraction of sp³-hybridized carbons (Fsp3) is 0.429. The normalized spacial score (nSPS) is 14.0. The topological polar surface area (TPSA) is 101 Å². The third kappa shape index (κ3) is 4.71. The maximum Gasteiger partial charge on any atom is 0.236 e. The molecule has 1 saturated carbocycles. The number of carbonyl (C=O) groups excluding carboxylic acids is 2. The molecule has 2 rings (SSSR count). The van der Waals surface area contributed by atoms with Crippen LogP contribution in [0.15, 0.2) is 18.2 Å². The van der Waals surface area contributed by atoms with Crippen molar-refractivity contribution in [3.63, 3.8) is 0 Å². The van der Waals surface area contributed by atoms with Gasteiger partial charge in [-0.2, -0.15) is 0 Å². The molecule has 1 aromatic carbocycles. The number of hydrogen-bond donors (Lipinski definition) is 3. The van der Waals surface area contributed by atoms with Crippen molar-refractivity contribution in [2.45, 2.75) is 25.4 Å². The third-order valence-corrected chi connectivity index (χ3v) is 3.23. The van der Waals surface area contributed by atoms with E-state index < -0.39 is 11.8 Å². The zero-order valence-corrected chi connectivity index (χ0v) is 11.6. The highest BCUT2D eigenvalue weighted by molar-refractivity contribution is 5.85. The fourth-order valence-corrected chi connectivity index (χ4v) is 2.15. The number of anilines is 1. The monoisotopic (exact) mass is 294 g/mol. The summed E-state index contributed by atoms with van der Waals surface area (Å²) < 4.78 is 13.4. The number of benzene rings is 1. The van der Waals surface area contributed by atoms with Gasteiger partial charge in [-0.15, -0.1) is 0 Å². The van der Waals surface area contributed by atoms with Gasteiger partial charge in [0.25, 0.3) is 0 Å². The summed E-state index contributed by atoms with van der Waals surface area (Å²) in [6.45, 7) is 0.168. The minimum Gasteiger partial charge on any atom is -0.368 e. The van der Waals surface area contributed by atoms with Gasteiger partial charge in [0.15, 0.2) is 0 Å². The van der Waals surface area contributed by atoms with Crippen LogP contribution in [-0.4, -0.2) is 30.9 Å². The van der Waals surface area contributed by atoms with Crippen LogP contribution in [0.25, 0.3) is 0 Å². The summed E-state index contributed by atoms with van der Waals surface area (Å²) in [7, 11) is 0. The van der Waals surface area contributed by atoms with Crippen molar-refractivity contribution in [1.82, 2.24) is 5.32 Å². The summed E-state index contributed by atoms with van der Waals surface area (Å²) in [6, 6.07) is 4.66. The Balaban J connectivity index is 2.22. The molecule has 1 aromatic rings. The van der Waals surface area contributed by atoms with Crippen molar-refractivity contribution in [3.05, 3.63) is 29.6 Å². The van der Waals surface area contributed by atoms with Crippen molar-refractivity contribution < 1.29 is 14.0 Å². The first-order valence-electron chi connectivity index (χ1n) is 6.79. The zero-order valence-electron chi connectivity index (χ0n) is 11.6. The molecule has 2 amide bonds. The van der Waals surface area contributed by atoms with E-state index in [9.17, 15) is 14.0 Å². The van der Waals surface area contributed by atoms with Crippen molar-refractivity contribution >= 4 is 17.5 Å². The molecule has 0 aliphatic heterocycles. The summed E-state index contributed by atoms with van der Waals surface area (Å²) in [5.41, 5.74) is 11.6. The lowest BCUT2D eigenvalue weighted by Crippen LogP contribution is -2.40. The molecule has 0 heterocycles. The number of nitrogens with one attached hydrogen (secondary N) is 1. The average Bonchev–Trinajstić information content (AvgIpc) is 3.18. The summed E-state index contributed by atoms with van der Waals surface area (Å²) in [5.74, 6) is -1.53. The Morgan fingerprint density at radius 2 is 1.86 bits per heavy atom. The molecule has 7 heteroatoms. The quantitative estimate of drug-likeness (QED) is 0.621. The summed E-state index contributed by atoms with van der Waals surface area (Å²) in [6.07, 6.45) is 2.22. The number of carbonyl (C=O) groups is 2. The Labute approximate surface area is 122 Å². The molecule has 0 aromatic heterocycles. The summed E-state index contributed by atoms with van der Waals surface area (Å²) in [4.78, 5) is 23.8. The highest BCUT2D eigenvalue weighted by Gasteiger charge is 2.22. The summed E-state index contributed by atoms with van der Waals surface area (Å²) in [5, 5.41) is 3.28. The van der Waals surface area contributed by atoms with Gasteiger partial charge in [0.2, 0.25) is 11.8 Å². The number of rotatable bonds is 8. The van der Waals surface area contributed by atoms with Crippen LogP contribution in [0.3, 0.4) is 0 Å². The van der Waals surface area contributed by atoms with Gasteiger partial charge in [0.1, 0.15) is 5.82 Å². The lowest BCUT2D eigenvalue weighted by molar-refractivity contribution is -0.117. The Kier molecular flexibility index (Phi) is 4.74. The number of primary amides is 2. The van der Waals surface area contributed by atoms with E-state index in [0.717, 1.165) is 12.8 Å². The molecule has 1 aliphatic carbocycles. The average molecular weight is 294 g/mol. The molecule has 0 atom stereocenters. The predicted molar refractivity (Wildman–Crippen MR) is 76.9 cm³/mol. The van der Waals surface area contributed by atoms with Crippen LogP contribution in [0.4, 0.5) is 10.1 Å². The first-order chi connectivity index (χ1) is 9.95. The van der Waals surface area contributed by atoms with Crippen molar-refractivity contribution in [2.24, 2.45) is 11.5 Å². The Bertz CT molecular complexity index is 530. The molecule has 21 heavy (non-hydrogen) atoms. The van der Waals surface area contributed by atoms with Crippen LogP contribution in [0.2, 0.25) is 0 Å². The smallest absolute Gasteiger partial charge is 0.236 e. The zero-order chi connectivity index (χ0) is 15.4. The minimum atomic E-state index is -0.582. The van der Waals surface area contributed by atoms with Gasteiger partial charge in [-0.3, -0.25) is 9.59 Å². The first kappa shape index (κ1) is 15.2. The Morgan fingerprint density at radius 3 is 2.38 bits per heavy atom. The van der Waals surface area contributed by atoms with Crippen LogP contribution in [0, 0.1) is 5.82 Å². The van der Waals surface area contributed by atoms with E-state index in [4.69, 9.17) is 11.5 Å². The molecule has 5 N–H and O–H groups in total. The van der Waals surface area contributed by atoms with E-state index in [1.54, 1.807) is 0 Å². The molecule has 114 valence electrons. The second-order valence-corrected chi connectivity index (χ2v) is 5.22. The van der Waals surface area contributed by atoms with Crippen LogP contribution in [0.1, 0.15) is 18.4 Å². The van der Waals surface area contributed by atoms with Crippen LogP contribution in [-0.2, 0) is 16.1 Å². The number of nitrogens with zero attached hydrogens (tertiary/aromatic N) is 1. The molecule has 0 bridgehead atoms. The maximum atomic E-state index is 13.4. The van der Waals surface area contributed by atoms with E-state index in [2.05, 4.69) is 5.32 Å². The maximum absolute atomic E-state index is 13.4. The highest BCUT2D eigenvalue weighted by Crippen LogP contribution is 2.24. The minimum absolute atomic E-state index is 0.148. The molecular formula is C14H19FN4O2. The SMILES string of the molecule is NC(=O)CN(CC(N)=O)c1ccc(F)cc1CNC1CC1. The second kappa shape index (κ2) is 6.53. The number of nitrogens with two attached hydrogens (primary N) is 2. The fourth-order valence-electron chi connectivity index (χ4n) is 2.15. The van der Waals surface area contributed by atoms with Crippen molar-refractivity contribution in [2.75, 3.05) is 18.0 Å². The van der Waals surface area contributed by atoms with Gasteiger partial charge in [0, 0.05) is 18.3 Å². The van der Waals surface area contributed by atoms with Gasteiger partial charge >= 0.3 is 0 Å². The molecule has 0 spiro atoms. The molecular weight excluding hydrogens is 275 g/mol. The Morgan fingerprint density at radius 1 is 1.24 bits per heavy atom. The molecule has 0 unspecified atom stereocenters. The third-order valence-electron chi connectivity index (χ3n) is 3.23. The Hall–Kier alpha value is -2.15. The first-order valence-corrected chi connectivity index (χ1v) is 6.79. The van der Waals surface area contributed by atoms with E-state index in [1.807, 2.05) is 0 Å². The lowest BCUT2D eigenvalue weighted by atomic mass is 10.1. The van der Waals surface area contributed by atoms with Gasteiger partial charge in [-0.25, -0.2) is 4.39 Å². The highest BCUT2D eigenvalue weighted by atomic mass is 19.1. The number of halogens is 1. The van der Waals surface area contributed by atoms with Crippen LogP contribution in [0.5, 0.6) is 0 Å². The van der Waals surface area contributed by atoms with E-state index >= 15 is 0 Å². The van der Waals surface area contributed by atoms with Crippen LogP contribution >= 0.6 is 0 Å². The molecule has 1 fully saturated rings. The summed E-state index contributed by atoms with van der Waals surface area (Å²) >= 11 is 0. The molecule has 6 nitrogen and oxygen atoms in total. The number of hydrogen-bond acceptors (Lipinski definition) is 4. The van der Waals surface area contributed by atoms with Gasteiger partial charge in [-0.1, -0.05) is 0 Å².